The average molecular weight is 514 g/mol. The number of rotatable bonds is 6. The van der Waals surface area contributed by atoms with Gasteiger partial charge >= 0.3 is 0 Å². The number of likely N-dealkylation sites (N-methyl/N-ethyl adjacent to an activating group) is 1. The van der Waals surface area contributed by atoms with Gasteiger partial charge in [0.1, 0.15) is 18.1 Å². The lowest BCUT2D eigenvalue weighted by molar-refractivity contribution is 0.0949. The molecule has 0 fully saturated rings. The zero-order valence-corrected chi connectivity index (χ0v) is 22.3. The number of carbonyl (C=O) groups excluding carboxylic acids is 2. The Hall–Kier alpha value is -3.33. The van der Waals surface area contributed by atoms with Gasteiger partial charge in [0.05, 0.1) is 25.4 Å². The van der Waals surface area contributed by atoms with Crippen LogP contribution in [0.5, 0.6) is 11.5 Å². The number of nitrogens with one attached hydrogen (secondary N) is 1. The van der Waals surface area contributed by atoms with Crippen molar-refractivity contribution in [1.82, 2.24) is 15.2 Å². The van der Waals surface area contributed by atoms with Crippen molar-refractivity contribution in [2.45, 2.75) is 39.7 Å². The molecular formula is C26H32ClN5O4. The van der Waals surface area contributed by atoms with Crippen LogP contribution in [-0.4, -0.2) is 67.8 Å². The van der Waals surface area contributed by atoms with Crippen molar-refractivity contribution in [2.75, 3.05) is 45.3 Å². The second kappa shape index (κ2) is 9.97. The summed E-state index contributed by atoms with van der Waals surface area (Å²) in [6.45, 7) is 10.3. The molecule has 4 rings (SSSR count). The Labute approximate surface area is 216 Å². The van der Waals surface area contributed by atoms with E-state index in [1.807, 2.05) is 26.1 Å². The number of aromatic nitrogens is 1. The lowest BCUT2D eigenvalue weighted by atomic mass is 9.84. The minimum Gasteiger partial charge on any atom is -0.491 e. The third kappa shape index (κ3) is 4.72. The molecule has 36 heavy (non-hydrogen) atoms. The predicted molar refractivity (Wildman–Crippen MR) is 140 cm³/mol. The lowest BCUT2D eigenvalue weighted by Gasteiger charge is -2.33. The van der Waals surface area contributed by atoms with Crippen LogP contribution in [0, 0.1) is 0 Å². The molecule has 1 aromatic carbocycles. The standard InChI is InChI=1S/C26H32ClN5O4/c1-7-35-20-12-16-13-32(24(30-27)21(16)29-22(20)25(34)28-5)14-19(33)15-10-17(26(2,3)4)23-18(11-15)31(6)8-9-36-23/h10-12H,7-9,13-14H2,1-6H3,(H,28,34)/b30-24-. The van der Waals surface area contributed by atoms with Crippen molar-refractivity contribution in [3.05, 3.63) is 46.3 Å². The molecule has 1 N–H and O–H groups in total. The first-order chi connectivity index (χ1) is 17.1. The second-order valence-corrected chi connectivity index (χ2v) is 10.1. The SMILES string of the molecule is CCOc1cc2c(nc1C(=O)NC)/C(=N/Cl)N(CC(=O)c1cc3c(c(C(C)(C)C)c1)OCCN3C)C2. The molecule has 0 saturated heterocycles. The van der Waals surface area contributed by atoms with Crippen LogP contribution in [0.2, 0.25) is 0 Å². The fourth-order valence-corrected chi connectivity index (χ4v) is 4.67. The van der Waals surface area contributed by atoms with Gasteiger partial charge in [-0.25, -0.2) is 4.98 Å². The fraction of sp³-hybridized carbons (Fsp3) is 0.462. The van der Waals surface area contributed by atoms with E-state index >= 15 is 0 Å². The Kier molecular flexibility index (Phi) is 7.13. The number of nitrogens with zero attached hydrogens (tertiary/aromatic N) is 4. The van der Waals surface area contributed by atoms with Crippen molar-refractivity contribution in [1.29, 1.82) is 0 Å². The Morgan fingerprint density at radius 1 is 1.28 bits per heavy atom. The number of benzene rings is 1. The summed E-state index contributed by atoms with van der Waals surface area (Å²) in [7, 11) is 3.53. The Balaban J connectivity index is 1.67. The van der Waals surface area contributed by atoms with E-state index in [-0.39, 0.29) is 29.3 Å². The summed E-state index contributed by atoms with van der Waals surface area (Å²) in [6, 6.07) is 5.59. The van der Waals surface area contributed by atoms with Crippen LogP contribution in [0.15, 0.2) is 22.7 Å². The molecule has 0 saturated carbocycles. The van der Waals surface area contributed by atoms with E-state index in [4.69, 9.17) is 21.3 Å². The number of halogens is 1. The molecule has 0 bridgehead atoms. The van der Waals surface area contributed by atoms with Gasteiger partial charge in [-0.15, -0.1) is 0 Å². The van der Waals surface area contributed by atoms with E-state index in [1.54, 1.807) is 11.0 Å². The van der Waals surface area contributed by atoms with E-state index < -0.39 is 0 Å². The Morgan fingerprint density at radius 3 is 2.67 bits per heavy atom. The number of amidine groups is 1. The maximum absolute atomic E-state index is 13.6. The Morgan fingerprint density at radius 2 is 2.03 bits per heavy atom. The summed E-state index contributed by atoms with van der Waals surface area (Å²) in [5.41, 5.74) is 3.68. The third-order valence-electron chi connectivity index (χ3n) is 6.38. The first-order valence-electron chi connectivity index (χ1n) is 12.0. The third-order valence-corrected chi connectivity index (χ3v) is 6.54. The van der Waals surface area contributed by atoms with Gasteiger partial charge in [-0.1, -0.05) is 20.8 Å². The van der Waals surface area contributed by atoms with Crippen LogP contribution in [0.1, 0.15) is 65.4 Å². The molecule has 0 spiro atoms. The zero-order valence-electron chi connectivity index (χ0n) is 21.6. The molecule has 1 aromatic heterocycles. The minimum atomic E-state index is -0.375. The topological polar surface area (TPSA) is 96.4 Å². The van der Waals surface area contributed by atoms with Crippen LogP contribution >= 0.6 is 11.8 Å². The van der Waals surface area contributed by atoms with Crippen LogP contribution in [-0.2, 0) is 12.0 Å². The first-order valence-corrected chi connectivity index (χ1v) is 12.3. The molecule has 0 unspecified atom stereocenters. The number of ether oxygens (including phenoxy) is 2. The summed E-state index contributed by atoms with van der Waals surface area (Å²) in [5, 5.41) is 2.58. The number of Topliss-reactive ketones (excluding diaryl/α,β-unsaturated/α-hetero) is 1. The molecule has 2 aromatic rings. The summed E-state index contributed by atoms with van der Waals surface area (Å²) < 4.78 is 15.6. The minimum absolute atomic E-state index is 0.0497. The van der Waals surface area contributed by atoms with Crippen molar-refractivity contribution >= 4 is 35.0 Å². The van der Waals surface area contributed by atoms with E-state index in [9.17, 15) is 9.59 Å². The van der Waals surface area contributed by atoms with Crippen molar-refractivity contribution < 1.29 is 19.1 Å². The highest BCUT2D eigenvalue weighted by Gasteiger charge is 2.33. The smallest absolute Gasteiger partial charge is 0.273 e. The van der Waals surface area contributed by atoms with E-state index in [0.717, 1.165) is 29.1 Å². The zero-order chi connectivity index (χ0) is 26.2. The van der Waals surface area contributed by atoms with Gasteiger partial charge in [0.2, 0.25) is 0 Å². The number of hydrogen-bond acceptors (Lipinski definition) is 7. The fourth-order valence-electron chi connectivity index (χ4n) is 4.49. The molecule has 9 nitrogen and oxygen atoms in total. The van der Waals surface area contributed by atoms with E-state index in [2.05, 4.69) is 40.5 Å². The molecule has 0 aliphatic carbocycles. The molecule has 1 amide bonds. The largest absolute Gasteiger partial charge is 0.491 e. The van der Waals surface area contributed by atoms with Gasteiger partial charge in [0.25, 0.3) is 5.91 Å². The molecule has 0 radical (unpaired) electrons. The second-order valence-electron chi connectivity index (χ2n) is 9.93. The van der Waals surface area contributed by atoms with Gasteiger partial charge in [-0.3, -0.25) is 9.59 Å². The molecule has 2 aliphatic rings. The molecule has 192 valence electrons. The average Bonchev–Trinajstić information content (AvgIpc) is 3.17. The molecule has 3 heterocycles. The normalized spacial score (nSPS) is 15.9. The molecule has 0 atom stereocenters. The van der Waals surface area contributed by atoms with Crippen LogP contribution in [0.4, 0.5) is 5.69 Å². The maximum atomic E-state index is 13.6. The number of ketones is 1. The quantitative estimate of drug-likeness (QED) is 0.590. The summed E-state index contributed by atoms with van der Waals surface area (Å²) >= 11 is 5.97. The summed E-state index contributed by atoms with van der Waals surface area (Å²) in [6.07, 6.45) is 0. The van der Waals surface area contributed by atoms with Crippen LogP contribution in [0.25, 0.3) is 0 Å². The van der Waals surface area contributed by atoms with Gasteiger partial charge in [0.15, 0.2) is 23.1 Å². The Bertz CT molecular complexity index is 1240. The van der Waals surface area contributed by atoms with Crippen molar-refractivity contribution in [3.8, 4) is 11.5 Å². The van der Waals surface area contributed by atoms with Crippen LogP contribution in [0.3, 0.4) is 0 Å². The number of hydrogen-bond donors (Lipinski definition) is 1. The highest BCUT2D eigenvalue weighted by molar-refractivity contribution is 6.23. The maximum Gasteiger partial charge on any atom is 0.273 e. The van der Waals surface area contributed by atoms with E-state index in [1.165, 1.54) is 7.05 Å². The number of carbonyl (C=O) groups is 2. The number of anilines is 1. The van der Waals surface area contributed by atoms with E-state index in [0.29, 0.717) is 42.6 Å². The highest BCUT2D eigenvalue weighted by atomic mass is 35.5. The molecular weight excluding hydrogens is 482 g/mol. The monoisotopic (exact) mass is 513 g/mol. The van der Waals surface area contributed by atoms with Crippen molar-refractivity contribution in [3.63, 3.8) is 0 Å². The number of pyridine rings is 1. The van der Waals surface area contributed by atoms with Gasteiger partial charge in [-0.05, 0) is 30.5 Å². The number of fused-ring (bicyclic) bond motifs is 2. The van der Waals surface area contributed by atoms with Crippen molar-refractivity contribution in [2.24, 2.45) is 4.51 Å². The molecule has 2 aliphatic heterocycles. The van der Waals surface area contributed by atoms with Gasteiger partial charge < -0.3 is 24.6 Å². The lowest BCUT2D eigenvalue weighted by Crippen LogP contribution is -2.33. The van der Waals surface area contributed by atoms with Crippen LogP contribution < -0.4 is 19.7 Å². The van der Waals surface area contributed by atoms with Gasteiger partial charge in [0, 0.05) is 49.1 Å². The molecule has 10 heteroatoms. The summed E-state index contributed by atoms with van der Waals surface area (Å²) in [5.74, 6) is 1.11. The summed E-state index contributed by atoms with van der Waals surface area (Å²) in [4.78, 5) is 34.4. The number of amides is 1. The predicted octanol–water partition coefficient (Wildman–Crippen LogP) is 3.56. The first kappa shape index (κ1) is 25.8. The highest BCUT2D eigenvalue weighted by Crippen LogP contribution is 2.41. The van der Waals surface area contributed by atoms with Gasteiger partial charge in [-0.2, -0.15) is 4.51 Å².